The van der Waals surface area contributed by atoms with Gasteiger partial charge in [-0.1, -0.05) is 30.1 Å². The van der Waals surface area contributed by atoms with E-state index in [4.69, 9.17) is 37.4 Å². The van der Waals surface area contributed by atoms with Crippen molar-refractivity contribution in [2.75, 3.05) is 39.7 Å². The summed E-state index contributed by atoms with van der Waals surface area (Å²) in [6, 6.07) is 7.87. The fourth-order valence-electron chi connectivity index (χ4n) is 2.87. The van der Waals surface area contributed by atoms with E-state index in [-0.39, 0.29) is 12.5 Å². The van der Waals surface area contributed by atoms with Crippen molar-refractivity contribution in [2.24, 2.45) is 0 Å². The smallest absolute Gasteiger partial charge is 0.254 e. The van der Waals surface area contributed by atoms with Gasteiger partial charge < -0.3 is 24.4 Å². The van der Waals surface area contributed by atoms with E-state index in [0.29, 0.717) is 51.5 Å². The number of amides is 2. The van der Waals surface area contributed by atoms with E-state index in [1.54, 1.807) is 30.3 Å². The Bertz CT molecular complexity index is 895. The number of carbonyl (C=O) groups excluding carboxylic acids is 2. The third kappa shape index (κ3) is 5.70. The minimum Gasteiger partial charge on any atom is -0.493 e. The number of rotatable bonds is 9. The van der Waals surface area contributed by atoms with E-state index in [1.807, 2.05) is 6.92 Å². The van der Waals surface area contributed by atoms with Gasteiger partial charge in [0.2, 0.25) is 11.7 Å². The first-order valence-corrected chi connectivity index (χ1v) is 9.94. The van der Waals surface area contributed by atoms with Gasteiger partial charge in [0.1, 0.15) is 6.54 Å². The molecular formula is C21H24Cl2N2O5. The monoisotopic (exact) mass is 454 g/mol. The van der Waals surface area contributed by atoms with Crippen molar-refractivity contribution in [1.82, 2.24) is 4.90 Å². The molecule has 30 heavy (non-hydrogen) atoms. The molecular weight excluding hydrogens is 431 g/mol. The topological polar surface area (TPSA) is 77.1 Å². The molecule has 0 aliphatic heterocycles. The molecule has 162 valence electrons. The maximum absolute atomic E-state index is 13.1. The zero-order valence-corrected chi connectivity index (χ0v) is 18.8. The molecule has 0 saturated heterocycles. The van der Waals surface area contributed by atoms with Crippen molar-refractivity contribution in [2.45, 2.75) is 13.3 Å². The maximum Gasteiger partial charge on any atom is 0.254 e. The molecule has 0 aliphatic rings. The number of anilines is 1. The second-order valence-electron chi connectivity index (χ2n) is 6.31. The van der Waals surface area contributed by atoms with Gasteiger partial charge in [0.15, 0.2) is 11.5 Å². The quantitative estimate of drug-likeness (QED) is 0.602. The number of nitrogens with zero attached hydrogens (tertiary/aromatic N) is 1. The number of hydrogen-bond donors (Lipinski definition) is 1. The Labute approximate surface area is 185 Å². The van der Waals surface area contributed by atoms with Crippen LogP contribution in [0.3, 0.4) is 0 Å². The molecule has 0 radical (unpaired) electrons. The Morgan fingerprint density at radius 1 is 1.00 bits per heavy atom. The minimum atomic E-state index is -0.395. The molecule has 2 aromatic carbocycles. The van der Waals surface area contributed by atoms with Crippen LogP contribution in [0.15, 0.2) is 30.3 Å². The lowest BCUT2D eigenvalue weighted by molar-refractivity contribution is -0.116. The molecule has 9 heteroatoms. The van der Waals surface area contributed by atoms with E-state index in [9.17, 15) is 9.59 Å². The summed E-state index contributed by atoms with van der Waals surface area (Å²) >= 11 is 12.1. The molecule has 0 heterocycles. The summed E-state index contributed by atoms with van der Waals surface area (Å²) in [5.41, 5.74) is 0.692. The molecule has 0 atom stereocenters. The molecule has 0 aromatic heterocycles. The number of carbonyl (C=O) groups is 2. The number of benzene rings is 2. The van der Waals surface area contributed by atoms with Crippen molar-refractivity contribution in [3.05, 3.63) is 45.9 Å². The predicted octanol–water partition coefficient (Wildman–Crippen LogP) is 4.51. The van der Waals surface area contributed by atoms with Gasteiger partial charge in [-0.2, -0.15) is 0 Å². The van der Waals surface area contributed by atoms with Gasteiger partial charge in [0.25, 0.3) is 5.91 Å². The largest absolute Gasteiger partial charge is 0.493 e. The number of hydrogen-bond acceptors (Lipinski definition) is 5. The van der Waals surface area contributed by atoms with Gasteiger partial charge in [-0.15, -0.1) is 0 Å². The lowest BCUT2D eigenvalue weighted by atomic mass is 10.1. The van der Waals surface area contributed by atoms with Crippen molar-refractivity contribution in [3.8, 4) is 17.2 Å². The number of nitrogens with one attached hydrogen (secondary N) is 1. The van der Waals surface area contributed by atoms with Crippen molar-refractivity contribution in [3.63, 3.8) is 0 Å². The summed E-state index contributed by atoms with van der Waals surface area (Å²) < 4.78 is 15.9. The minimum absolute atomic E-state index is 0.161. The van der Waals surface area contributed by atoms with Gasteiger partial charge in [0, 0.05) is 17.1 Å². The highest BCUT2D eigenvalue weighted by atomic mass is 35.5. The van der Waals surface area contributed by atoms with E-state index in [1.165, 1.54) is 26.2 Å². The normalized spacial score (nSPS) is 10.3. The lowest BCUT2D eigenvalue weighted by Crippen LogP contribution is -2.38. The van der Waals surface area contributed by atoms with Crippen LogP contribution in [0.25, 0.3) is 0 Å². The average Bonchev–Trinajstić information content (AvgIpc) is 2.74. The molecule has 2 amide bonds. The number of methoxy groups -OCH3 is 3. The van der Waals surface area contributed by atoms with Crippen LogP contribution >= 0.6 is 23.2 Å². The van der Waals surface area contributed by atoms with Crippen LogP contribution in [0.1, 0.15) is 23.7 Å². The Balaban J connectivity index is 2.26. The Hall–Kier alpha value is -2.64. The second kappa shape index (κ2) is 10.9. The van der Waals surface area contributed by atoms with Crippen LogP contribution < -0.4 is 19.5 Å². The van der Waals surface area contributed by atoms with Gasteiger partial charge in [0.05, 0.1) is 32.0 Å². The van der Waals surface area contributed by atoms with E-state index in [0.717, 1.165) is 0 Å². The fraction of sp³-hybridized carbons (Fsp3) is 0.333. The van der Waals surface area contributed by atoms with Crippen LogP contribution in [-0.4, -0.2) is 51.1 Å². The van der Waals surface area contributed by atoms with Crippen LogP contribution in [-0.2, 0) is 4.79 Å². The van der Waals surface area contributed by atoms with Crippen LogP contribution in [0, 0.1) is 0 Å². The molecule has 0 saturated carbocycles. The van der Waals surface area contributed by atoms with Gasteiger partial charge in [-0.3, -0.25) is 9.59 Å². The Morgan fingerprint density at radius 3 is 2.17 bits per heavy atom. The van der Waals surface area contributed by atoms with Gasteiger partial charge >= 0.3 is 0 Å². The lowest BCUT2D eigenvalue weighted by Gasteiger charge is -2.23. The Kier molecular flexibility index (Phi) is 8.62. The fourth-order valence-corrected chi connectivity index (χ4v) is 3.20. The molecule has 2 rings (SSSR count). The molecule has 0 bridgehead atoms. The number of halogens is 2. The predicted molar refractivity (Wildman–Crippen MR) is 117 cm³/mol. The van der Waals surface area contributed by atoms with Gasteiger partial charge in [-0.25, -0.2) is 0 Å². The van der Waals surface area contributed by atoms with Crippen molar-refractivity contribution < 1.29 is 23.8 Å². The molecule has 2 aromatic rings. The molecule has 1 N–H and O–H groups in total. The molecule has 0 unspecified atom stereocenters. The second-order valence-corrected chi connectivity index (χ2v) is 7.16. The maximum atomic E-state index is 13.1. The first-order chi connectivity index (χ1) is 14.3. The van der Waals surface area contributed by atoms with E-state index < -0.39 is 5.91 Å². The average molecular weight is 455 g/mol. The van der Waals surface area contributed by atoms with Crippen LogP contribution in [0.5, 0.6) is 17.2 Å². The highest BCUT2D eigenvalue weighted by molar-refractivity contribution is 6.35. The molecule has 7 nitrogen and oxygen atoms in total. The van der Waals surface area contributed by atoms with E-state index in [2.05, 4.69) is 5.32 Å². The first kappa shape index (κ1) is 23.6. The first-order valence-electron chi connectivity index (χ1n) is 9.18. The Morgan fingerprint density at radius 2 is 1.63 bits per heavy atom. The summed E-state index contributed by atoms with van der Waals surface area (Å²) in [6.07, 6.45) is 0.668. The standard InChI is InChI=1S/C21H24Cl2N2O5/c1-5-8-25(12-19(26)24-16-11-14(22)6-7-15(16)23)21(27)13-9-17(28-2)20(30-4)18(10-13)29-3/h6-7,9-11H,5,8,12H2,1-4H3,(H,24,26). The SMILES string of the molecule is CCCN(CC(=O)Nc1cc(Cl)ccc1Cl)C(=O)c1cc(OC)c(OC)c(OC)c1. The molecule has 0 aliphatic carbocycles. The van der Waals surface area contributed by atoms with Gasteiger partial charge in [-0.05, 0) is 36.8 Å². The van der Waals surface area contributed by atoms with Crippen molar-refractivity contribution in [1.29, 1.82) is 0 Å². The zero-order chi connectivity index (χ0) is 22.3. The summed E-state index contributed by atoms with van der Waals surface area (Å²) in [5.74, 6) is 0.349. The van der Waals surface area contributed by atoms with Crippen LogP contribution in [0.2, 0.25) is 10.0 Å². The third-order valence-electron chi connectivity index (χ3n) is 4.23. The summed E-state index contributed by atoms with van der Waals surface area (Å²) in [6.45, 7) is 2.14. The summed E-state index contributed by atoms with van der Waals surface area (Å²) in [5, 5.41) is 3.48. The number of ether oxygens (including phenoxy) is 3. The third-order valence-corrected chi connectivity index (χ3v) is 4.79. The molecule has 0 spiro atoms. The highest BCUT2D eigenvalue weighted by Crippen LogP contribution is 2.38. The van der Waals surface area contributed by atoms with E-state index >= 15 is 0 Å². The van der Waals surface area contributed by atoms with Crippen LogP contribution in [0.4, 0.5) is 5.69 Å². The summed E-state index contributed by atoms with van der Waals surface area (Å²) in [4.78, 5) is 27.1. The van der Waals surface area contributed by atoms with Crippen molar-refractivity contribution >= 4 is 40.7 Å². The zero-order valence-electron chi connectivity index (χ0n) is 17.3. The molecule has 0 fully saturated rings. The highest BCUT2D eigenvalue weighted by Gasteiger charge is 2.23. The summed E-state index contributed by atoms with van der Waals surface area (Å²) in [7, 11) is 4.42.